The quantitative estimate of drug-likeness (QED) is 0.389. The third kappa shape index (κ3) is 6.06. The summed E-state index contributed by atoms with van der Waals surface area (Å²) in [5, 5.41) is 16.9. The maximum absolute atomic E-state index is 15.4. The average Bonchev–Trinajstić information content (AvgIpc) is 3.65. The van der Waals surface area contributed by atoms with Gasteiger partial charge in [-0.1, -0.05) is 29.3 Å². The fourth-order valence-electron chi connectivity index (χ4n) is 3.39. The molecule has 3 aromatic carbocycles. The lowest BCUT2D eigenvalue weighted by atomic mass is 10.1. The zero-order valence-electron chi connectivity index (χ0n) is 18.4. The van der Waals surface area contributed by atoms with Crippen molar-refractivity contribution in [1.29, 1.82) is 5.26 Å². The second kappa shape index (κ2) is 10.3. The molecule has 3 N–H and O–H groups in total. The highest BCUT2D eigenvalue weighted by molar-refractivity contribution is 7.89. The lowest BCUT2D eigenvalue weighted by Crippen LogP contribution is -2.21. The van der Waals surface area contributed by atoms with Gasteiger partial charge in [0, 0.05) is 10.6 Å². The minimum Gasteiger partial charge on any atom is -0.481 e. The number of nitrogens with zero attached hydrogens (tertiary/aromatic N) is 1. The van der Waals surface area contributed by atoms with Gasteiger partial charge in [0.2, 0.25) is 15.8 Å². The van der Waals surface area contributed by atoms with Crippen LogP contribution in [0.5, 0.6) is 17.2 Å². The molecule has 0 spiro atoms. The Morgan fingerprint density at radius 1 is 1.17 bits per heavy atom. The SMILES string of the molecule is N#Cc1cc(Cl)cc(Oc2c(C3CC3)ccc(OCC(=O)Nc3ccc(S(N)(=O)=O)cc3Cl)c2F)c1. The van der Waals surface area contributed by atoms with E-state index in [4.69, 9.17) is 43.1 Å². The van der Waals surface area contributed by atoms with Crippen molar-refractivity contribution in [3.63, 3.8) is 0 Å². The summed E-state index contributed by atoms with van der Waals surface area (Å²) in [6.07, 6.45) is 1.75. The number of halogens is 3. The number of hydrogen-bond donors (Lipinski definition) is 2. The molecule has 3 aromatic rings. The molecule has 0 unspecified atom stereocenters. The van der Waals surface area contributed by atoms with Gasteiger partial charge in [-0.15, -0.1) is 0 Å². The largest absolute Gasteiger partial charge is 0.481 e. The Hall–Kier alpha value is -3.36. The molecule has 8 nitrogen and oxygen atoms in total. The molecule has 1 aliphatic rings. The number of ether oxygens (including phenoxy) is 2. The van der Waals surface area contributed by atoms with Crippen LogP contribution in [0.1, 0.15) is 29.9 Å². The molecule has 0 heterocycles. The van der Waals surface area contributed by atoms with Crippen molar-refractivity contribution in [3.05, 3.63) is 75.5 Å². The molecule has 0 radical (unpaired) electrons. The lowest BCUT2D eigenvalue weighted by Gasteiger charge is -2.16. The van der Waals surface area contributed by atoms with Crippen LogP contribution in [0.3, 0.4) is 0 Å². The average molecular weight is 550 g/mol. The van der Waals surface area contributed by atoms with Crippen molar-refractivity contribution in [2.75, 3.05) is 11.9 Å². The summed E-state index contributed by atoms with van der Waals surface area (Å²) in [6.45, 7) is -0.567. The number of benzene rings is 3. The van der Waals surface area contributed by atoms with Gasteiger partial charge in [-0.2, -0.15) is 9.65 Å². The van der Waals surface area contributed by atoms with Crippen molar-refractivity contribution < 1.29 is 27.1 Å². The van der Waals surface area contributed by atoms with E-state index in [1.165, 1.54) is 36.4 Å². The number of nitrogens with two attached hydrogens (primary N) is 1. The minimum absolute atomic E-state index is 0.0520. The molecule has 1 fully saturated rings. The highest BCUT2D eigenvalue weighted by Crippen LogP contribution is 2.48. The van der Waals surface area contributed by atoms with Crippen molar-refractivity contribution >= 4 is 44.8 Å². The second-order valence-corrected chi connectivity index (χ2v) is 10.4. The number of primary sulfonamides is 1. The van der Waals surface area contributed by atoms with E-state index in [2.05, 4.69) is 5.32 Å². The molecule has 4 rings (SSSR count). The van der Waals surface area contributed by atoms with Crippen LogP contribution in [0.25, 0.3) is 0 Å². The summed E-state index contributed by atoms with van der Waals surface area (Å²) < 4.78 is 49.4. The molecule has 0 atom stereocenters. The monoisotopic (exact) mass is 549 g/mol. The van der Waals surface area contributed by atoms with E-state index in [9.17, 15) is 13.2 Å². The van der Waals surface area contributed by atoms with Crippen LogP contribution in [0.15, 0.2) is 53.4 Å². The zero-order chi connectivity index (χ0) is 26.0. The normalized spacial score (nSPS) is 13.1. The van der Waals surface area contributed by atoms with Crippen LogP contribution in [0, 0.1) is 17.1 Å². The Bertz CT molecular complexity index is 1500. The summed E-state index contributed by atoms with van der Waals surface area (Å²) in [7, 11) is -3.96. The topological polar surface area (TPSA) is 132 Å². The number of sulfonamides is 1. The van der Waals surface area contributed by atoms with Gasteiger partial charge in [-0.05, 0) is 61.2 Å². The highest BCUT2D eigenvalue weighted by Gasteiger charge is 2.30. The standard InChI is InChI=1S/C24H18Cl2FN3O5S/c25-15-7-13(11-28)8-16(9-15)35-24-18(14-1-2-14)4-6-21(23(24)27)34-12-22(31)30-20-5-3-17(10-19(20)26)36(29,32)33/h3-10,14H,1-2,12H2,(H,30,31)(H2,29,32,33). The number of anilines is 1. The number of nitriles is 1. The van der Waals surface area contributed by atoms with Crippen LogP contribution in [-0.4, -0.2) is 20.9 Å². The predicted octanol–water partition coefficient (Wildman–Crippen LogP) is 5.34. The van der Waals surface area contributed by atoms with Crippen LogP contribution in [0.4, 0.5) is 10.1 Å². The maximum Gasteiger partial charge on any atom is 0.262 e. The third-order valence-electron chi connectivity index (χ3n) is 5.23. The number of amides is 1. The van der Waals surface area contributed by atoms with Gasteiger partial charge in [0.05, 0.1) is 27.2 Å². The van der Waals surface area contributed by atoms with Gasteiger partial charge in [-0.25, -0.2) is 13.6 Å². The Balaban J connectivity index is 1.51. The van der Waals surface area contributed by atoms with E-state index < -0.39 is 28.4 Å². The van der Waals surface area contributed by atoms with Crippen molar-refractivity contribution in [3.8, 4) is 23.3 Å². The first-order chi connectivity index (χ1) is 17.0. The van der Waals surface area contributed by atoms with Crippen molar-refractivity contribution in [2.24, 2.45) is 5.14 Å². The summed E-state index contributed by atoms with van der Waals surface area (Å²) in [5.41, 5.74) is 1.02. The molecule has 1 aliphatic carbocycles. The Morgan fingerprint density at radius 3 is 2.56 bits per heavy atom. The fraction of sp³-hybridized carbons (Fsp3) is 0.167. The summed E-state index contributed by atoms with van der Waals surface area (Å²) in [6, 6.07) is 13.0. The number of carbonyl (C=O) groups excluding carboxylic acids is 1. The molecule has 1 saturated carbocycles. The molecule has 1 amide bonds. The summed E-state index contributed by atoms with van der Waals surface area (Å²) >= 11 is 12.1. The number of carbonyl (C=O) groups is 1. The predicted molar refractivity (Wildman–Crippen MR) is 132 cm³/mol. The molecule has 0 aliphatic heterocycles. The minimum atomic E-state index is -3.96. The smallest absolute Gasteiger partial charge is 0.262 e. The molecule has 36 heavy (non-hydrogen) atoms. The zero-order valence-corrected chi connectivity index (χ0v) is 20.8. The summed E-state index contributed by atoms with van der Waals surface area (Å²) in [5.74, 6) is -1.44. The van der Waals surface area contributed by atoms with Crippen LogP contribution in [-0.2, 0) is 14.8 Å². The van der Waals surface area contributed by atoms with E-state index >= 15 is 4.39 Å². The van der Waals surface area contributed by atoms with Gasteiger partial charge < -0.3 is 14.8 Å². The van der Waals surface area contributed by atoms with E-state index in [1.807, 2.05) is 6.07 Å². The van der Waals surface area contributed by atoms with Gasteiger partial charge >= 0.3 is 0 Å². The Labute approximate surface area is 216 Å². The third-order valence-corrected chi connectivity index (χ3v) is 6.67. The second-order valence-electron chi connectivity index (χ2n) is 7.98. The van der Waals surface area contributed by atoms with E-state index in [0.717, 1.165) is 18.9 Å². The van der Waals surface area contributed by atoms with E-state index in [1.54, 1.807) is 6.07 Å². The van der Waals surface area contributed by atoms with E-state index in [0.29, 0.717) is 5.56 Å². The van der Waals surface area contributed by atoms with E-state index in [-0.39, 0.29) is 49.4 Å². The van der Waals surface area contributed by atoms with Crippen LogP contribution in [0.2, 0.25) is 10.0 Å². The number of nitrogens with one attached hydrogen (secondary N) is 1. The Morgan fingerprint density at radius 2 is 1.92 bits per heavy atom. The fourth-order valence-corrected chi connectivity index (χ4v) is 4.45. The first kappa shape index (κ1) is 25.7. The van der Waals surface area contributed by atoms with Gasteiger partial charge in [0.25, 0.3) is 5.91 Å². The van der Waals surface area contributed by atoms with Crippen molar-refractivity contribution in [2.45, 2.75) is 23.7 Å². The molecular formula is C24H18Cl2FN3O5S. The molecule has 0 bridgehead atoms. The Kier molecular flexibility index (Phi) is 7.38. The van der Waals surface area contributed by atoms with Crippen LogP contribution >= 0.6 is 23.2 Å². The number of hydrogen-bond acceptors (Lipinski definition) is 6. The first-order valence-electron chi connectivity index (χ1n) is 10.5. The number of rotatable bonds is 8. The molecule has 12 heteroatoms. The molecular weight excluding hydrogens is 532 g/mol. The molecule has 0 saturated heterocycles. The molecule has 0 aromatic heterocycles. The van der Waals surface area contributed by atoms with Crippen LogP contribution < -0.4 is 19.9 Å². The van der Waals surface area contributed by atoms with Gasteiger partial charge in [0.15, 0.2) is 18.1 Å². The first-order valence-corrected chi connectivity index (χ1v) is 12.8. The summed E-state index contributed by atoms with van der Waals surface area (Å²) in [4.78, 5) is 12.1. The lowest BCUT2D eigenvalue weighted by molar-refractivity contribution is -0.118. The highest BCUT2D eigenvalue weighted by atomic mass is 35.5. The van der Waals surface area contributed by atoms with Gasteiger partial charge in [-0.3, -0.25) is 4.79 Å². The maximum atomic E-state index is 15.4. The van der Waals surface area contributed by atoms with Gasteiger partial charge in [0.1, 0.15) is 5.75 Å². The molecule has 186 valence electrons. The van der Waals surface area contributed by atoms with Crippen molar-refractivity contribution in [1.82, 2.24) is 0 Å².